The number of hydrogen-bond acceptors (Lipinski definition) is 5. The van der Waals surface area contributed by atoms with Gasteiger partial charge in [0.05, 0.1) is 13.0 Å². The van der Waals surface area contributed by atoms with Crippen LogP contribution in [-0.2, 0) is 24.0 Å². The Morgan fingerprint density at radius 1 is 1.35 bits per heavy atom. The maximum Gasteiger partial charge on any atom is 0.311 e. The Morgan fingerprint density at radius 3 is 2.65 bits per heavy atom. The Labute approximate surface area is 139 Å². The first-order chi connectivity index (χ1) is 11.1. The smallest absolute Gasteiger partial charge is 0.311 e. The zero-order valence-corrected chi connectivity index (χ0v) is 14.7. The Kier molecular flexibility index (Phi) is 9.14. The van der Waals surface area contributed by atoms with Crippen molar-refractivity contribution in [1.82, 2.24) is 0 Å². The molecule has 5 nitrogen and oxygen atoms in total. The van der Waals surface area contributed by atoms with Crippen molar-refractivity contribution in [2.75, 3.05) is 14.2 Å². The number of unbranched alkanes of at least 4 members (excludes halogenated alkanes) is 1. The van der Waals surface area contributed by atoms with Crippen LogP contribution in [0, 0.1) is 5.92 Å². The van der Waals surface area contributed by atoms with Crippen molar-refractivity contribution in [1.29, 1.82) is 0 Å². The molecule has 1 rings (SSSR count). The monoisotopic (exact) mass is 326 g/mol. The van der Waals surface area contributed by atoms with Crippen molar-refractivity contribution in [3.05, 3.63) is 24.3 Å². The molecule has 0 bridgehead atoms. The summed E-state index contributed by atoms with van der Waals surface area (Å²) < 4.78 is 10.3. The van der Waals surface area contributed by atoms with Crippen LogP contribution >= 0.6 is 0 Å². The highest BCUT2D eigenvalue weighted by Gasteiger charge is 2.41. The van der Waals surface area contributed by atoms with Gasteiger partial charge in [-0.3, -0.25) is 4.79 Å². The average Bonchev–Trinajstić information content (AvgIpc) is 2.60. The van der Waals surface area contributed by atoms with E-state index < -0.39 is 5.79 Å². The average molecular weight is 326 g/mol. The van der Waals surface area contributed by atoms with Crippen LogP contribution in [0.15, 0.2) is 24.3 Å². The van der Waals surface area contributed by atoms with E-state index in [1.807, 2.05) is 0 Å². The molecule has 1 fully saturated rings. The fraction of sp³-hybridized carbons (Fsp3) is 0.722. The molecule has 0 amide bonds. The largest absolute Gasteiger partial charge is 0.469 e. The molecule has 1 aliphatic rings. The summed E-state index contributed by atoms with van der Waals surface area (Å²) in [5, 5.41) is 0. The molecule has 1 aliphatic heterocycles. The summed E-state index contributed by atoms with van der Waals surface area (Å²) in [5.41, 5.74) is 0. The number of carbonyl (C=O) groups is 1. The first-order valence-electron chi connectivity index (χ1n) is 8.37. The molecule has 0 spiro atoms. The van der Waals surface area contributed by atoms with Crippen LogP contribution in [0.1, 0.15) is 52.4 Å². The summed E-state index contributed by atoms with van der Waals surface area (Å²) in [6, 6.07) is 0. The first-order valence-corrected chi connectivity index (χ1v) is 8.37. The van der Waals surface area contributed by atoms with Gasteiger partial charge in [0.2, 0.25) is 5.79 Å². The molecule has 0 unspecified atom stereocenters. The van der Waals surface area contributed by atoms with Crippen LogP contribution in [0.2, 0.25) is 0 Å². The second kappa shape index (κ2) is 10.6. The predicted molar refractivity (Wildman–Crippen MR) is 88.5 cm³/mol. The maximum absolute atomic E-state index is 11.6. The van der Waals surface area contributed by atoms with Crippen LogP contribution < -0.4 is 0 Å². The van der Waals surface area contributed by atoms with E-state index in [4.69, 9.17) is 19.2 Å². The molecule has 132 valence electrons. The third-order valence-electron chi connectivity index (χ3n) is 4.18. The number of rotatable bonds is 9. The molecular weight excluding hydrogens is 296 g/mol. The molecule has 23 heavy (non-hydrogen) atoms. The van der Waals surface area contributed by atoms with Gasteiger partial charge in [0.25, 0.3) is 0 Å². The molecule has 0 N–H and O–H groups in total. The standard InChI is InChI=1S/C18H30O5/c1-5-6-7-8-9-10-11-13-18(21-4)14-12-16(22-23-18)15(2)17(19)20-3/h6-9,15-16H,5,10-14H2,1-4H3/b7-6+,9-8+/t15-,16+,18-/m1/s1. The molecule has 0 aromatic carbocycles. The van der Waals surface area contributed by atoms with E-state index >= 15 is 0 Å². The Balaban J connectivity index is 2.38. The van der Waals surface area contributed by atoms with Gasteiger partial charge in [0, 0.05) is 20.0 Å². The summed E-state index contributed by atoms with van der Waals surface area (Å²) in [5.74, 6) is -1.34. The molecule has 5 heteroatoms. The molecule has 3 atom stereocenters. The lowest BCUT2D eigenvalue weighted by molar-refractivity contribution is -0.469. The van der Waals surface area contributed by atoms with E-state index in [0.29, 0.717) is 12.8 Å². The van der Waals surface area contributed by atoms with Crippen molar-refractivity contribution in [3.63, 3.8) is 0 Å². The van der Waals surface area contributed by atoms with E-state index in [1.54, 1.807) is 14.0 Å². The van der Waals surface area contributed by atoms with Crippen LogP contribution in [0.5, 0.6) is 0 Å². The third-order valence-corrected chi connectivity index (χ3v) is 4.18. The summed E-state index contributed by atoms with van der Waals surface area (Å²) in [6.45, 7) is 3.90. The van der Waals surface area contributed by atoms with Crippen molar-refractivity contribution in [2.24, 2.45) is 5.92 Å². The van der Waals surface area contributed by atoms with Gasteiger partial charge in [0.15, 0.2) is 0 Å². The van der Waals surface area contributed by atoms with E-state index in [0.717, 1.165) is 25.7 Å². The number of allylic oxidation sites excluding steroid dienone is 4. The number of esters is 1. The fourth-order valence-corrected chi connectivity index (χ4v) is 2.56. The molecule has 0 aromatic heterocycles. The van der Waals surface area contributed by atoms with Crippen molar-refractivity contribution < 1.29 is 24.0 Å². The quantitative estimate of drug-likeness (QED) is 0.278. The van der Waals surface area contributed by atoms with Gasteiger partial charge >= 0.3 is 5.97 Å². The van der Waals surface area contributed by atoms with Crippen LogP contribution in [0.25, 0.3) is 0 Å². The van der Waals surface area contributed by atoms with Gasteiger partial charge in [-0.15, -0.1) is 0 Å². The lowest BCUT2D eigenvalue weighted by Crippen LogP contribution is -2.44. The van der Waals surface area contributed by atoms with Crippen molar-refractivity contribution in [3.8, 4) is 0 Å². The van der Waals surface area contributed by atoms with Gasteiger partial charge in [-0.2, -0.15) is 0 Å². The van der Waals surface area contributed by atoms with Gasteiger partial charge in [-0.1, -0.05) is 31.2 Å². The molecule has 0 radical (unpaired) electrons. The third kappa shape index (κ3) is 6.45. The highest BCUT2D eigenvalue weighted by molar-refractivity contribution is 5.72. The Hall–Kier alpha value is -1.17. The lowest BCUT2D eigenvalue weighted by Gasteiger charge is -2.38. The molecule has 0 aliphatic carbocycles. The topological polar surface area (TPSA) is 54.0 Å². The number of hydrogen-bond donors (Lipinski definition) is 0. The molecule has 0 aromatic rings. The minimum atomic E-state index is -0.709. The number of methoxy groups -OCH3 is 2. The zero-order chi connectivity index (χ0) is 17.1. The highest BCUT2D eigenvalue weighted by Crippen LogP contribution is 2.34. The highest BCUT2D eigenvalue weighted by atomic mass is 17.2. The lowest BCUT2D eigenvalue weighted by atomic mass is 9.94. The van der Waals surface area contributed by atoms with Gasteiger partial charge in [0.1, 0.15) is 6.10 Å². The second-order valence-corrected chi connectivity index (χ2v) is 5.84. The van der Waals surface area contributed by atoms with Gasteiger partial charge in [-0.25, -0.2) is 9.78 Å². The Morgan fingerprint density at radius 2 is 2.09 bits per heavy atom. The summed E-state index contributed by atoms with van der Waals surface area (Å²) in [6.07, 6.45) is 13.2. The number of ether oxygens (including phenoxy) is 2. The molecule has 1 saturated heterocycles. The minimum Gasteiger partial charge on any atom is -0.469 e. The normalized spacial score (nSPS) is 26.7. The summed E-state index contributed by atoms with van der Waals surface area (Å²) >= 11 is 0. The van der Waals surface area contributed by atoms with E-state index in [2.05, 4.69) is 31.2 Å². The fourth-order valence-electron chi connectivity index (χ4n) is 2.56. The van der Waals surface area contributed by atoms with Crippen LogP contribution in [0.4, 0.5) is 0 Å². The molecular formula is C18H30O5. The van der Waals surface area contributed by atoms with Crippen molar-refractivity contribution >= 4 is 5.97 Å². The predicted octanol–water partition coefficient (Wildman–Crippen LogP) is 3.94. The minimum absolute atomic E-state index is 0.284. The summed E-state index contributed by atoms with van der Waals surface area (Å²) in [4.78, 5) is 22.5. The second-order valence-electron chi connectivity index (χ2n) is 5.84. The zero-order valence-electron chi connectivity index (χ0n) is 14.7. The van der Waals surface area contributed by atoms with E-state index in [9.17, 15) is 4.79 Å². The van der Waals surface area contributed by atoms with Crippen LogP contribution in [-0.4, -0.2) is 32.1 Å². The maximum atomic E-state index is 11.6. The molecule has 1 heterocycles. The van der Waals surface area contributed by atoms with Crippen molar-refractivity contribution in [2.45, 2.75) is 64.3 Å². The molecule has 0 saturated carbocycles. The summed E-state index contributed by atoms with van der Waals surface area (Å²) in [7, 11) is 3.01. The van der Waals surface area contributed by atoms with E-state index in [1.165, 1.54) is 7.11 Å². The SMILES string of the molecule is CC/C=C/C=C/CCC[C@]1(OC)CC[C@@H]([C@@H](C)C(=O)OC)OO1. The first kappa shape index (κ1) is 19.9. The Bertz CT molecular complexity index is 394. The van der Waals surface area contributed by atoms with Crippen LogP contribution in [0.3, 0.4) is 0 Å². The van der Waals surface area contributed by atoms with E-state index in [-0.39, 0.29) is 18.0 Å². The van der Waals surface area contributed by atoms with Gasteiger partial charge < -0.3 is 9.47 Å². The number of carbonyl (C=O) groups excluding carboxylic acids is 1. The van der Waals surface area contributed by atoms with Gasteiger partial charge in [-0.05, 0) is 32.6 Å².